The zero-order valence-electron chi connectivity index (χ0n) is 12.0. The van der Waals surface area contributed by atoms with Crippen LogP contribution in [0.4, 0.5) is 0 Å². The first kappa shape index (κ1) is 16.4. The molecule has 2 unspecified atom stereocenters. The molecule has 0 aliphatic carbocycles. The fourth-order valence-corrected chi connectivity index (χ4v) is 1.71. The molecular formula is C16H24N2O2. The molecule has 20 heavy (non-hydrogen) atoms. The van der Waals surface area contributed by atoms with E-state index < -0.39 is 0 Å². The van der Waals surface area contributed by atoms with Crippen LogP contribution in [0, 0.1) is 0 Å². The Kier molecular flexibility index (Phi) is 7.62. The zero-order chi connectivity index (χ0) is 14.8. The maximum atomic E-state index is 11.5. The molecule has 0 saturated heterocycles. The molecule has 4 heteroatoms. The lowest BCUT2D eigenvalue weighted by molar-refractivity contribution is -0.137. The van der Waals surface area contributed by atoms with E-state index in [0.717, 1.165) is 18.4 Å². The highest BCUT2D eigenvalue weighted by atomic mass is 16.5. The Balaban J connectivity index is 2.18. The average molecular weight is 276 g/mol. The van der Waals surface area contributed by atoms with Crippen molar-refractivity contribution in [3.63, 3.8) is 0 Å². The van der Waals surface area contributed by atoms with Gasteiger partial charge in [0.25, 0.3) is 0 Å². The summed E-state index contributed by atoms with van der Waals surface area (Å²) in [6.45, 7) is 2.30. The summed E-state index contributed by atoms with van der Waals surface area (Å²) in [6.07, 6.45) is 5.58. The molecule has 0 aromatic heterocycles. The SMILES string of the molecule is CC(N)CCC(N)CCOC(=O)C=Cc1ccccc1. The van der Waals surface area contributed by atoms with Crippen molar-refractivity contribution in [2.45, 2.75) is 38.3 Å². The number of hydrogen-bond acceptors (Lipinski definition) is 4. The largest absolute Gasteiger partial charge is 0.462 e. The minimum atomic E-state index is -0.340. The normalized spacial score (nSPS) is 14.2. The first-order valence-corrected chi connectivity index (χ1v) is 6.99. The molecule has 0 saturated carbocycles. The fraction of sp³-hybridized carbons (Fsp3) is 0.438. The van der Waals surface area contributed by atoms with Gasteiger partial charge in [-0.2, -0.15) is 0 Å². The second-order valence-corrected chi connectivity index (χ2v) is 5.01. The summed E-state index contributed by atoms with van der Waals surface area (Å²) in [5.74, 6) is -0.340. The van der Waals surface area contributed by atoms with E-state index >= 15 is 0 Å². The quantitative estimate of drug-likeness (QED) is 0.563. The summed E-state index contributed by atoms with van der Waals surface area (Å²) in [6, 6.07) is 9.82. The molecule has 0 radical (unpaired) electrons. The third-order valence-electron chi connectivity index (χ3n) is 2.94. The van der Waals surface area contributed by atoms with Crippen LogP contribution in [-0.4, -0.2) is 24.7 Å². The predicted octanol–water partition coefficient (Wildman–Crippen LogP) is 2.09. The molecule has 110 valence electrons. The summed E-state index contributed by atoms with van der Waals surface area (Å²) < 4.78 is 5.10. The van der Waals surface area contributed by atoms with E-state index in [1.54, 1.807) is 6.08 Å². The number of carbonyl (C=O) groups is 1. The van der Waals surface area contributed by atoms with Crippen molar-refractivity contribution < 1.29 is 9.53 Å². The van der Waals surface area contributed by atoms with Crippen molar-refractivity contribution in [3.8, 4) is 0 Å². The smallest absolute Gasteiger partial charge is 0.330 e. The van der Waals surface area contributed by atoms with Crippen LogP contribution in [0.3, 0.4) is 0 Å². The number of carbonyl (C=O) groups excluding carboxylic acids is 1. The number of benzene rings is 1. The zero-order valence-corrected chi connectivity index (χ0v) is 12.0. The summed E-state index contributed by atoms with van der Waals surface area (Å²) >= 11 is 0. The molecule has 0 heterocycles. The lowest BCUT2D eigenvalue weighted by Gasteiger charge is -2.12. The fourth-order valence-electron chi connectivity index (χ4n) is 1.71. The molecule has 4 nitrogen and oxygen atoms in total. The first-order chi connectivity index (χ1) is 9.58. The van der Waals surface area contributed by atoms with Crippen molar-refractivity contribution in [2.24, 2.45) is 11.5 Å². The minimum absolute atomic E-state index is 0.0342. The summed E-state index contributed by atoms with van der Waals surface area (Å²) in [5.41, 5.74) is 12.5. The van der Waals surface area contributed by atoms with Gasteiger partial charge in [-0.25, -0.2) is 4.79 Å². The molecule has 0 amide bonds. The van der Waals surface area contributed by atoms with E-state index in [4.69, 9.17) is 16.2 Å². The highest BCUT2D eigenvalue weighted by molar-refractivity contribution is 5.86. The molecule has 0 spiro atoms. The highest BCUT2D eigenvalue weighted by Gasteiger charge is 2.05. The molecule has 1 aromatic rings. The van der Waals surface area contributed by atoms with Crippen LogP contribution in [0.2, 0.25) is 0 Å². The van der Waals surface area contributed by atoms with Crippen LogP contribution in [0.25, 0.3) is 6.08 Å². The molecule has 1 aromatic carbocycles. The third-order valence-corrected chi connectivity index (χ3v) is 2.94. The third kappa shape index (κ3) is 7.71. The number of hydrogen-bond donors (Lipinski definition) is 2. The minimum Gasteiger partial charge on any atom is -0.462 e. The van der Waals surface area contributed by atoms with Crippen LogP contribution in [0.1, 0.15) is 31.7 Å². The van der Waals surface area contributed by atoms with Gasteiger partial charge in [0, 0.05) is 18.2 Å². The van der Waals surface area contributed by atoms with E-state index in [-0.39, 0.29) is 18.1 Å². The second kappa shape index (κ2) is 9.28. The molecule has 1 rings (SSSR count). The summed E-state index contributed by atoms with van der Waals surface area (Å²) in [4.78, 5) is 11.5. The highest BCUT2D eigenvalue weighted by Crippen LogP contribution is 2.03. The topological polar surface area (TPSA) is 78.3 Å². The Labute approximate surface area is 120 Å². The van der Waals surface area contributed by atoms with E-state index in [9.17, 15) is 4.79 Å². The van der Waals surface area contributed by atoms with E-state index in [1.165, 1.54) is 6.08 Å². The van der Waals surface area contributed by atoms with Gasteiger partial charge in [-0.3, -0.25) is 0 Å². The van der Waals surface area contributed by atoms with Crippen LogP contribution in [0.15, 0.2) is 36.4 Å². The Morgan fingerprint density at radius 3 is 2.55 bits per heavy atom. The van der Waals surface area contributed by atoms with Gasteiger partial charge < -0.3 is 16.2 Å². The Bertz CT molecular complexity index is 416. The second-order valence-electron chi connectivity index (χ2n) is 5.01. The van der Waals surface area contributed by atoms with Gasteiger partial charge in [0.15, 0.2) is 0 Å². The van der Waals surface area contributed by atoms with Crippen molar-refractivity contribution in [1.29, 1.82) is 0 Å². The summed E-state index contributed by atoms with van der Waals surface area (Å²) in [5, 5.41) is 0. The van der Waals surface area contributed by atoms with Gasteiger partial charge >= 0.3 is 5.97 Å². The monoisotopic (exact) mass is 276 g/mol. The van der Waals surface area contributed by atoms with Crippen LogP contribution in [-0.2, 0) is 9.53 Å². The van der Waals surface area contributed by atoms with E-state index in [2.05, 4.69) is 0 Å². The molecule has 0 fully saturated rings. The van der Waals surface area contributed by atoms with Gasteiger partial charge in [-0.1, -0.05) is 30.3 Å². The molecule has 0 aliphatic rings. The molecule has 2 atom stereocenters. The van der Waals surface area contributed by atoms with Gasteiger partial charge in [0.2, 0.25) is 0 Å². The van der Waals surface area contributed by atoms with Gasteiger partial charge in [0.1, 0.15) is 0 Å². The number of esters is 1. The van der Waals surface area contributed by atoms with Crippen LogP contribution in [0.5, 0.6) is 0 Å². The van der Waals surface area contributed by atoms with Crippen molar-refractivity contribution in [1.82, 2.24) is 0 Å². The standard InChI is InChI=1S/C16H24N2O2/c1-13(17)7-9-15(18)11-12-20-16(19)10-8-14-5-3-2-4-6-14/h2-6,8,10,13,15H,7,9,11-12,17-18H2,1H3. The lowest BCUT2D eigenvalue weighted by Crippen LogP contribution is -2.26. The van der Waals surface area contributed by atoms with Crippen molar-refractivity contribution in [2.75, 3.05) is 6.61 Å². The summed E-state index contributed by atoms with van der Waals surface area (Å²) in [7, 11) is 0. The van der Waals surface area contributed by atoms with Crippen molar-refractivity contribution >= 4 is 12.0 Å². The molecule has 0 aliphatic heterocycles. The number of nitrogens with two attached hydrogens (primary N) is 2. The Morgan fingerprint density at radius 2 is 1.90 bits per heavy atom. The first-order valence-electron chi connectivity index (χ1n) is 6.99. The predicted molar refractivity (Wildman–Crippen MR) is 81.9 cm³/mol. The maximum absolute atomic E-state index is 11.5. The number of ether oxygens (including phenoxy) is 1. The van der Waals surface area contributed by atoms with Gasteiger partial charge in [-0.15, -0.1) is 0 Å². The van der Waals surface area contributed by atoms with E-state index in [0.29, 0.717) is 13.0 Å². The molecule has 0 bridgehead atoms. The number of rotatable bonds is 8. The van der Waals surface area contributed by atoms with Gasteiger partial charge in [0.05, 0.1) is 6.61 Å². The Morgan fingerprint density at radius 1 is 1.20 bits per heavy atom. The van der Waals surface area contributed by atoms with Crippen LogP contribution >= 0.6 is 0 Å². The average Bonchev–Trinajstić information content (AvgIpc) is 2.44. The van der Waals surface area contributed by atoms with Gasteiger partial charge in [-0.05, 0) is 37.8 Å². The molecule has 4 N–H and O–H groups in total. The molecular weight excluding hydrogens is 252 g/mol. The Hall–Kier alpha value is -1.65. The maximum Gasteiger partial charge on any atom is 0.330 e. The lowest BCUT2D eigenvalue weighted by atomic mass is 10.1. The van der Waals surface area contributed by atoms with Crippen molar-refractivity contribution in [3.05, 3.63) is 42.0 Å². The van der Waals surface area contributed by atoms with Crippen LogP contribution < -0.4 is 11.5 Å². The van der Waals surface area contributed by atoms with E-state index in [1.807, 2.05) is 37.3 Å².